The number of nitrogens with one attached hydrogen (secondary N) is 2. The minimum absolute atomic E-state index is 0. The average Bonchev–Trinajstić information content (AvgIpc) is 2.47. The lowest BCUT2D eigenvalue weighted by Crippen LogP contribution is -2.37. The zero-order valence-corrected chi connectivity index (χ0v) is 15.9. The zero-order valence-electron chi connectivity index (χ0n) is 13.6. The number of guanidine groups is 1. The lowest BCUT2D eigenvalue weighted by molar-refractivity contribution is -0.0512. The standard InChI is InChI=1S/C15H23F2N3O2.HI/c1-4-18-15(19-5-2)20-9-8-11-6-7-12(21-3)13(10-11)22-14(16)17;/h6-7,10,14H,4-5,8-9H2,1-3H3,(H2,18,19,20);1H. The molecule has 0 heterocycles. The number of methoxy groups -OCH3 is 1. The van der Waals surface area contributed by atoms with Crippen molar-refractivity contribution in [3.63, 3.8) is 0 Å². The van der Waals surface area contributed by atoms with Gasteiger partial charge >= 0.3 is 6.61 Å². The summed E-state index contributed by atoms with van der Waals surface area (Å²) in [5.41, 5.74) is 0.854. The highest BCUT2D eigenvalue weighted by molar-refractivity contribution is 14.0. The summed E-state index contributed by atoms with van der Waals surface area (Å²) in [6.45, 7) is 3.20. The fourth-order valence-electron chi connectivity index (χ4n) is 1.87. The molecule has 0 aliphatic rings. The van der Waals surface area contributed by atoms with Crippen molar-refractivity contribution < 1.29 is 18.3 Å². The number of hydrogen-bond donors (Lipinski definition) is 2. The van der Waals surface area contributed by atoms with Gasteiger partial charge in [-0.2, -0.15) is 8.78 Å². The Bertz CT molecular complexity index is 480. The first-order chi connectivity index (χ1) is 10.6. The van der Waals surface area contributed by atoms with Crippen LogP contribution in [0.15, 0.2) is 23.2 Å². The van der Waals surface area contributed by atoms with Crippen LogP contribution in [0.3, 0.4) is 0 Å². The molecule has 1 rings (SSSR count). The van der Waals surface area contributed by atoms with E-state index in [4.69, 9.17) is 4.74 Å². The lowest BCUT2D eigenvalue weighted by Gasteiger charge is -2.12. The highest BCUT2D eigenvalue weighted by Crippen LogP contribution is 2.29. The van der Waals surface area contributed by atoms with Gasteiger partial charge in [-0.3, -0.25) is 4.99 Å². The Kier molecular flexibility index (Phi) is 11.4. The van der Waals surface area contributed by atoms with Crippen LogP contribution in [0.25, 0.3) is 0 Å². The van der Waals surface area contributed by atoms with Gasteiger partial charge in [-0.15, -0.1) is 24.0 Å². The number of nitrogens with zero attached hydrogens (tertiary/aromatic N) is 1. The molecule has 0 aliphatic heterocycles. The SMILES string of the molecule is CCNC(=NCCc1ccc(OC)c(OC(F)F)c1)NCC.I. The summed E-state index contributed by atoms with van der Waals surface area (Å²) in [4.78, 5) is 4.41. The van der Waals surface area contributed by atoms with Gasteiger partial charge in [0.15, 0.2) is 17.5 Å². The first kappa shape index (κ1) is 21.7. The van der Waals surface area contributed by atoms with Gasteiger partial charge in [-0.05, 0) is 38.0 Å². The lowest BCUT2D eigenvalue weighted by atomic mass is 10.1. The van der Waals surface area contributed by atoms with Crippen molar-refractivity contribution in [1.29, 1.82) is 0 Å². The second-order valence-electron chi connectivity index (χ2n) is 4.40. The number of hydrogen-bond acceptors (Lipinski definition) is 3. The summed E-state index contributed by atoms with van der Waals surface area (Å²) >= 11 is 0. The molecule has 0 spiro atoms. The number of rotatable bonds is 8. The number of alkyl halides is 2. The van der Waals surface area contributed by atoms with Gasteiger partial charge in [0.1, 0.15) is 0 Å². The molecular formula is C15H24F2IN3O2. The van der Waals surface area contributed by atoms with Crippen molar-refractivity contribution in [2.24, 2.45) is 4.99 Å². The van der Waals surface area contributed by atoms with Crippen LogP contribution in [-0.4, -0.2) is 39.3 Å². The first-order valence-corrected chi connectivity index (χ1v) is 7.24. The van der Waals surface area contributed by atoms with Gasteiger partial charge in [0.25, 0.3) is 0 Å². The smallest absolute Gasteiger partial charge is 0.387 e. The van der Waals surface area contributed by atoms with Crippen LogP contribution in [-0.2, 0) is 6.42 Å². The quantitative estimate of drug-likeness (QED) is 0.369. The third-order valence-electron chi connectivity index (χ3n) is 2.80. The van der Waals surface area contributed by atoms with Crippen LogP contribution in [0.4, 0.5) is 8.78 Å². The van der Waals surface area contributed by atoms with Crippen molar-refractivity contribution >= 4 is 29.9 Å². The van der Waals surface area contributed by atoms with Crippen molar-refractivity contribution in [2.45, 2.75) is 26.9 Å². The van der Waals surface area contributed by atoms with E-state index in [1.807, 2.05) is 19.9 Å². The van der Waals surface area contributed by atoms with Gasteiger partial charge < -0.3 is 20.1 Å². The van der Waals surface area contributed by atoms with Gasteiger partial charge in [0.2, 0.25) is 0 Å². The van der Waals surface area contributed by atoms with Crippen molar-refractivity contribution in [2.75, 3.05) is 26.7 Å². The molecule has 0 unspecified atom stereocenters. The molecular weight excluding hydrogens is 419 g/mol. The van der Waals surface area contributed by atoms with Gasteiger partial charge in [0.05, 0.1) is 7.11 Å². The molecule has 23 heavy (non-hydrogen) atoms. The predicted octanol–water partition coefficient (Wildman–Crippen LogP) is 3.03. The molecule has 8 heteroatoms. The molecule has 0 bridgehead atoms. The summed E-state index contributed by atoms with van der Waals surface area (Å²) in [6, 6.07) is 4.99. The summed E-state index contributed by atoms with van der Waals surface area (Å²) in [7, 11) is 1.41. The molecule has 0 saturated carbocycles. The van der Waals surface area contributed by atoms with E-state index in [0.29, 0.717) is 13.0 Å². The Morgan fingerprint density at radius 2 is 1.83 bits per heavy atom. The molecule has 1 aromatic carbocycles. The van der Waals surface area contributed by atoms with Crippen LogP contribution in [0.5, 0.6) is 11.5 Å². The summed E-state index contributed by atoms with van der Waals surface area (Å²) in [5, 5.41) is 6.24. The highest BCUT2D eigenvalue weighted by atomic mass is 127. The molecule has 132 valence electrons. The van der Waals surface area contributed by atoms with E-state index in [1.165, 1.54) is 7.11 Å². The Hall–Kier alpha value is -1.32. The maximum atomic E-state index is 12.4. The van der Waals surface area contributed by atoms with E-state index in [9.17, 15) is 8.78 Å². The van der Waals surface area contributed by atoms with Crippen LogP contribution in [0.2, 0.25) is 0 Å². The number of benzene rings is 1. The van der Waals surface area contributed by atoms with Crippen molar-refractivity contribution in [3.8, 4) is 11.5 Å². The molecule has 0 atom stereocenters. The van der Waals surface area contributed by atoms with Crippen LogP contribution in [0, 0.1) is 0 Å². The van der Waals surface area contributed by atoms with E-state index in [0.717, 1.165) is 24.6 Å². The normalized spacial score (nSPS) is 9.83. The zero-order chi connectivity index (χ0) is 16.4. The largest absolute Gasteiger partial charge is 0.493 e. The molecule has 5 nitrogen and oxygen atoms in total. The maximum absolute atomic E-state index is 12.4. The van der Waals surface area contributed by atoms with Crippen LogP contribution >= 0.6 is 24.0 Å². The molecule has 0 saturated heterocycles. The topological polar surface area (TPSA) is 54.9 Å². The number of halogens is 3. The first-order valence-electron chi connectivity index (χ1n) is 7.24. The second-order valence-corrected chi connectivity index (χ2v) is 4.40. The minimum atomic E-state index is -2.88. The van der Waals surface area contributed by atoms with E-state index in [2.05, 4.69) is 20.4 Å². The molecule has 1 aromatic rings. The van der Waals surface area contributed by atoms with Gasteiger partial charge in [-0.1, -0.05) is 6.07 Å². The van der Waals surface area contributed by atoms with Gasteiger partial charge in [0, 0.05) is 19.6 Å². The molecule has 0 aliphatic carbocycles. The molecule has 0 aromatic heterocycles. The number of ether oxygens (including phenoxy) is 2. The Morgan fingerprint density at radius 3 is 2.35 bits per heavy atom. The third-order valence-corrected chi connectivity index (χ3v) is 2.80. The van der Waals surface area contributed by atoms with Crippen LogP contribution < -0.4 is 20.1 Å². The van der Waals surface area contributed by atoms with E-state index < -0.39 is 6.61 Å². The average molecular weight is 443 g/mol. The minimum Gasteiger partial charge on any atom is -0.493 e. The maximum Gasteiger partial charge on any atom is 0.387 e. The Balaban J connectivity index is 0.00000484. The predicted molar refractivity (Wildman–Crippen MR) is 98.4 cm³/mol. The Morgan fingerprint density at radius 1 is 1.17 bits per heavy atom. The highest BCUT2D eigenvalue weighted by Gasteiger charge is 2.11. The molecule has 2 N–H and O–H groups in total. The van der Waals surface area contributed by atoms with E-state index in [1.54, 1.807) is 12.1 Å². The van der Waals surface area contributed by atoms with Crippen molar-refractivity contribution in [1.82, 2.24) is 10.6 Å². The van der Waals surface area contributed by atoms with E-state index in [-0.39, 0.29) is 35.5 Å². The second kappa shape index (κ2) is 12.1. The summed E-state index contributed by atoms with van der Waals surface area (Å²) in [6.07, 6.45) is 0.615. The fraction of sp³-hybridized carbons (Fsp3) is 0.533. The number of aliphatic imine (C=N–C) groups is 1. The third kappa shape index (κ3) is 8.19. The van der Waals surface area contributed by atoms with E-state index >= 15 is 0 Å². The molecule has 0 fully saturated rings. The molecule has 0 radical (unpaired) electrons. The monoisotopic (exact) mass is 443 g/mol. The van der Waals surface area contributed by atoms with Crippen LogP contribution in [0.1, 0.15) is 19.4 Å². The molecule has 0 amide bonds. The fourth-order valence-corrected chi connectivity index (χ4v) is 1.87. The Labute approximate surface area is 152 Å². The summed E-state index contributed by atoms with van der Waals surface area (Å²) in [5.74, 6) is 1.06. The van der Waals surface area contributed by atoms with Gasteiger partial charge in [-0.25, -0.2) is 0 Å². The summed E-state index contributed by atoms with van der Waals surface area (Å²) < 4.78 is 34.2. The van der Waals surface area contributed by atoms with Crippen molar-refractivity contribution in [3.05, 3.63) is 23.8 Å².